The summed E-state index contributed by atoms with van der Waals surface area (Å²) in [6, 6.07) is 6.02. The molecule has 2 aromatic rings. The Balaban J connectivity index is 1.76. The Morgan fingerprint density at radius 3 is 3.00 bits per heavy atom. The monoisotopic (exact) mass is 257 g/mol. The van der Waals surface area contributed by atoms with Gasteiger partial charge in [-0.25, -0.2) is 9.97 Å². The molecule has 1 unspecified atom stereocenters. The summed E-state index contributed by atoms with van der Waals surface area (Å²) in [5.74, 6) is 3.88. The van der Waals surface area contributed by atoms with Crippen LogP contribution in [0.5, 0.6) is 0 Å². The summed E-state index contributed by atoms with van der Waals surface area (Å²) < 4.78 is 5.50. The van der Waals surface area contributed by atoms with Gasteiger partial charge in [0.2, 0.25) is 0 Å². The topological polar surface area (TPSA) is 42.2 Å². The van der Waals surface area contributed by atoms with E-state index in [9.17, 15) is 0 Å². The van der Waals surface area contributed by atoms with E-state index in [0.29, 0.717) is 11.8 Å². The van der Waals surface area contributed by atoms with Gasteiger partial charge in [0.1, 0.15) is 17.4 Å². The Hall–Kier alpha value is -1.84. The van der Waals surface area contributed by atoms with Gasteiger partial charge in [-0.1, -0.05) is 13.8 Å². The maximum absolute atomic E-state index is 5.50. The van der Waals surface area contributed by atoms with Crippen LogP contribution in [0.1, 0.15) is 43.7 Å². The Labute approximate surface area is 113 Å². The predicted molar refractivity (Wildman–Crippen MR) is 74.4 cm³/mol. The highest BCUT2D eigenvalue weighted by Crippen LogP contribution is 2.30. The van der Waals surface area contributed by atoms with Crippen LogP contribution in [0.4, 0.5) is 5.82 Å². The van der Waals surface area contributed by atoms with E-state index in [4.69, 9.17) is 4.42 Å². The Bertz CT molecular complexity index is 536. The molecule has 1 fully saturated rings. The minimum absolute atomic E-state index is 0.364. The van der Waals surface area contributed by atoms with E-state index in [-0.39, 0.29) is 0 Å². The largest absolute Gasteiger partial charge is 0.469 e. The van der Waals surface area contributed by atoms with E-state index in [2.05, 4.69) is 34.8 Å². The van der Waals surface area contributed by atoms with E-state index in [1.807, 2.05) is 18.3 Å². The summed E-state index contributed by atoms with van der Waals surface area (Å²) in [4.78, 5) is 11.3. The van der Waals surface area contributed by atoms with Gasteiger partial charge in [-0.05, 0) is 24.6 Å². The summed E-state index contributed by atoms with van der Waals surface area (Å²) in [7, 11) is 0. The fraction of sp³-hybridized carbons (Fsp3) is 0.467. The molecule has 0 spiro atoms. The molecule has 19 heavy (non-hydrogen) atoms. The predicted octanol–water partition coefficient (Wildman–Crippen LogP) is 3.19. The van der Waals surface area contributed by atoms with Crippen LogP contribution in [0.2, 0.25) is 0 Å². The second-order valence-electron chi connectivity index (χ2n) is 5.37. The van der Waals surface area contributed by atoms with Crippen molar-refractivity contribution in [3.8, 4) is 0 Å². The molecule has 1 aliphatic rings. The SMILES string of the molecule is CC(C)c1nccc(N2CCC(c3ccco3)C2)n1. The average molecular weight is 257 g/mol. The van der Waals surface area contributed by atoms with Crippen LogP contribution in [0.15, 0.2) is 35.1 Å². The van der Waals surface area contributed by atoms with Gasteiger partial charge >= 0.3 is 0 Å². The fourth-order valence-corrected chi connectivity index (χ4v) is 2.54. The van der Waals surface area contributed by atoms with Crippen LogP contribution < -0.4 is 4.90 Å². The Morgan fingerprint density at radius 1 is 1.37 bits per heavy atom. The number of hydrogen-bond donors (Lipinski definition) is 0. The average Bonchev–Trinajstić information content (AvgIpc) is 3.09. The number of aromatic nitrogens is 2. The molecule has 1 atom stereocenters. The minimum atomic E-state index is 0.364. The normalized spacial score (nSPS) is 19.3. The number of nitrogens with zero attached hydrogens (tertiary/aromatic N) is 3. The van der Waals surface area contributed by atoms with Gasteiger partial charge < -0.3 is 9.32 Å². The molecule has 0 saturated carbocycles. The summed E-state index contributed by atoms with van der Waals surface area (Å²) in [5, 5.41) is 0. The molecular weight excluding hydrogens is 238 g/mol. The summed E-state index contributed by atoms with van der Waals surface area (Å²) in [5.41, 5.74) is 0. The lowest BCUT2D eigenvalue weighted by Gasteiger charge is -2.18. The summed E-state index contributed by atoms with van der Waals surface area (Å²) in [6.45, 7) is 6.24. The molecule has 4 heteroatoms. The van der Waals surface area contributed by atoms with Gasteiger partial charge in [0.05, 0.1) is 6.26 Å². The van der Waals surface area contributed by atoms with Crippen LogP contribution in [0.25, 0.3) is 0 Å². The maximum Gasteiger partial charge on any atom is 0.133 e. The van der Waals surface area contributed by atoms with Crippen LogP contribution in [-0.2, 0) is 0 Å². The molecule has 0 aromatic carbocycles. The lowest BCUT2D eigenvalue weighted by Crippen LogP contribution is -2.21. The smallest absolute Gasteiger partial charge is 0.133 e. The van der Waals surface area contributed by atoms with Gasteiger partial charge in [-0.2, -0.15) is 0 Å². The molecule has 3 rings (SSSR count). The number of rotatable bonds is 3. The first-order valence-corrected chi connectivity index (χ1v) is 6.85. The Kier molecular flexibility index (Phi) is 3.23. The first-order chi connectivity index (χ1) is 9.24. The molecule has 0 radical (unpaired) electrons. The zero-order chi connectivity index (χ0) is 13.2. The van der Waals surface area contributed by atoms with Crippen molar-refractivity contribution in [3.63, 3.8) is 0 Å². The van der Waals surface area contributed by atoms with Crippen LogP contribution in [0, 0.1) is 0 Å². The van der Waals surface area contributed by atoms with Gasteiger partial charge in [0, 0.05) is 31.1 Å². The van der Waals surface area contributed by atoms with Crippen molar-refractivity contribution in [3.05, 3.63) is 42.2 Å². The zero-order valence-corrected chi connectivity index (χ0v) is 11.4. The fourth-order valence-electron chi connectivity index (χ4n) is 2.54. The van der Waals surface area contributed by atoms with Crippen LogP contribution >= 0.6 is 0 Å². The third-order valence-electron chi connectivity index (χ3n) is 3.63. The van der Waals surface area contributed by atoms with Gasteiger partial charge in [0.25, 0.3) is 0 Å². The summed E-state index contributed by atoms with van der Waals surface area (Å²) in [6.07, 6.45) is 4.73. The van der Waals surface area contributed by atoms with E-state index in [0.717, 1.165) is 36.9 Å². The zero-order valence-electron chi connectivity index (χ0n) is 11.4. The quantitative estimate of drug-likeness (QED) is 0.847. The molecule has 4 nitrogen and oxygen atoms in total. The lowest BCUT2D eigenvalue weighted by molar-refractivity contribution is 0.475. The molecule has 2 aromatic heterocycles. The minimum Gasteiger partial charge on any atom is -0.469 e. The first kappa shape index (κ1) is 12.2. The molecule has 1 saturated heterocycles. The highest BCUT2D eigenvalue weighted by atomic mass is 16.3. The van der Waals surface area contributed by atoms with E-state index < -0.39 is 0 Å². The first-order valence-electron chi connectivity index (χ1n) is 6.85. The van der Waals surface area contributed by atoms with Gasteiger partial charge in [-0.15, -0.1) is 0 Å². The molecule has 0 N–H and O–H groups in total. The summed E-state index contributed by atoms with van der Waals surface area (Å²) >= 11 is 0. The molecule has 3 heterocycles. The molecular formula is C15H19N3O. The number of hydrogen-bond acceptors (Lipinski definition) is 4. The lowest BCUT2D eigenvalue weighted by atomic mass is 10.1. The number of anilines is 1. The van der Waals surface area contributed by atoms with Crippen molar-refractivity contribution < 1.29 is 4.42 Å². The second kappa shape index (κ2) is 5.03. The Morgan fingerprint density at radius 2 is 2.26 bits per heavy atom. The third kappa shape index (κ3) is 2.48. The molecule has 0 aliphatic carbocycles. The van der Waals surface area contributed by atoms with E-state index in [1.54, 1.807) is 6.26 Å². The van der Waals surface area contributed by atoms with Gasteiger partial charge in [-0.3, -0.25) is 0 Å². The maximum atomic E-state index is 5.50. The van der Waals surface area contributed by atoms with Crippen LogP contribution in [-0.4, -0.2) is 23.1 Å². The highest BCUT2D eigenvalue weighted by molar-refractivity contribution is 5.40. The van der Waals surface area contributed by atoms with Crippen molar-refractivity contribution in [2.45, 2.75) is 32.1 Å². The van der Waals surface area contributed by atoms with E-state index >= 15 is 0 Å². The molecule has 1 aliphatic heterocycles. The van der Waals surface area contributed by atoms with Crippen molar-refractivity contribution in [2.24, 2.45) is 0 Å². The second-order valence-corrected chi connectivity index (χ2v) is 5.37. The van der Waals surface area contributed by atoms with E-state index in [1.165, 1.54) is 0 Å². The van der Waals surface area contributed by atoms with Crippen molar-refractivity contribution in [2.75, 3.05) is 18.0 Å². The van der Waals surface area contributed by atoms with Crippen molar-refractivity contribution in [1.82, 2.24) is 9.97 Å². The highest BCUT2D eigenvalue weighted by Gasteiger charge is 2.26. The molecule has 0 amide bonds. The van der Waals surface area contributed by atoms with Gasteiger partial charge in [0.15, 0.2) is 0 Å². The number of furan rings is 1. The molecule has 0 bridgehead atoms. The van der Waals surface area contributed by atoms with Crippen molar-refractivity contribution >= 4 is 5.82 Å². The molecule has 100 valence electrons. The standard InChI is InChI=1S/C15H19N3O/c1-11(2)15-16-7-5-14(17-15)18-8-6-12(10-18)13-4-3-9-19-13/h3-5,7,9,11-12H,6,8,10H2,1-2H3. The van der Waals surface area contributed by atoms with Crippen molar-refractivity contribution in [1.29, 1.82) is 0 Å². The third-order valence-corrected chi connectivity index (χ3v) is 3.63. The van der Waals surface area contributed by atoms with Crippen LogP contribution in [0.3, 0.4) is 0 Å².